The maximum Gasteiger partial charge on any atom is 0.264 e. The Morgan fingerprint density at radius 3 is 2.38 bits per heavy atom. The first-order chi connectivity index (χ1) is 7.21. The standard InChI is InChI=1S/C9H14N2O4S/c1-7-10-4-8(5-11-7)9(2,12)6-15-16(3,13)14/h4-5,12H,6H2,1-3H3/t9-/m1/s1. The molecule has 7 heteroatoms. The van der Waals surface area contributed by atoms with Crippen LogP contribution in [0.15, 0.2) is 12.4 Å². The predicted molar refractivity (Wildman–Crippen MR) is 57.1 cm³/mol. The second-order valence-electron chi connectivity index (χ2n) is 3.76. The minimum atomic E-state index is -3.57. The summed E-state index contributed by atoms with van der Waals surface area (Å²) in [6.07, 6.45) is 3.80. The Bertz CT molecular complexity index is 453. The van der Waals surface area contributed by atoms with Gasteiger partial charge in [-0.15, -0.1) is 0 Å². The highest BCUT2D eigenvalue weighted by Crippen LogP contribution is 2.19. The molecule has 0 fully saturated rings. The number of aliphatic hydroxyl groups is 1. The molecule has 0 spiro atoms. The molecular formula is C9H14N2O4S. The normalized spacial score (nSPS) is 15.8. The number of nitrogens with zero attached hydrogens (tertiary/aromatic N) is 2. The molecule has 0 saturated heterocycles. The first-order valence-electron chi connectivity index (χ1n) is 4.57. The third-order valence-electron chi connectivity index (χ3n) is 1.96. The summed E-state index contributed by atoms with van der Waals surface area (Å²) in [6, 6.07) is 0. The van der Waals surface area contributed by atoms with Crippen LogP contribution in [-0.2, 0) is 19.9 Å². The van der Waals surface area contributed by atoms with Gasteiger partial charge in [0.25, 0.3) is 10.1 Å². The zero-order valence-electron chi connectivity index (χ0n) is 9.34. The van der Waals surface area contributed by atoms with Crippen LogP contribution in [0.1, 0.15) is 18.3 Å². The zero-order valence-corrected chi connectivity index (χ0v) is 10.2. The molecule has 0 saturated carbocycles. The van der Waals surface area contributed by atoms with Crippen molar-refractivity contribution in [1.82, 2.24) is 9.97 Å². The van der Waals surface area contributed by atoms with Crippen LogP contribution in [0, 0.1) is 6.92 Å². The van der Waals surface area contributed by atoms with E-state index < -0.39 is 15.7 Å². The lowest BCUT2D eigenvalue weighted by atomic mass is 10.0. The fraction of sp³-hybridized carbons (Fsp3) is 0.556. The topological polar surface area (TPSA) is 89.4 Å². The summed E-state index contributed by atoms with van der Waals surface area (Å²) in [5, 5.41) is 9.97. The lowest BCUT2D eigenvalue weighted by molar-refractivity contribution is 0.00945. The van der Waals surface area contributed by atoms with Crippen LogP contribution in [0.2, 0.25) is 0 Å². The van der Waals surface area contributed by atoms with Crippen LogP contribution in [0.3, 0.4) is 0 Å². The molecule has 0 aromatic carbocycles. The first kappa shape index (κ1) is 13.0. The van der Waals surface area contributed by atoms with Crippen LogP contribution in [0.5, 0.6) is 0 Å². The summed E-state index contributed by atoms with van der Waals surface area (Å²) >= 11 is 0. The Hall–Kier alpha value is -1.05. The van der Waals surface area contributed by atoms with E-state index in [0.29, 0.717) is 11.4 Å². The Morgan fingerprint density at radius 2 is 1.94 bits per heavy atom. The summed E-state index contributed by atoms with van der Waals surface area (Å²) in [6.45, 7) is 2.79. The molecule has 1 atom stereocenters. The summed E-state index contributed by atoms with van der Waals surface area (Å²) in [7, 11) is -3.57. The van der Waals surface area contributed by atoms with Crippen molar-refractivity contribution in [2.24, 2.45) is 0 Å². The van der Waals surface area contributed by atoms with Crippen LogP contribution in [-0.4, -0.2) is 36.4 Å². The molecule has 0 radical (unpaired) electrons. The van der Waals surface area contributed by atoms with Crippen LogP contribution in [0.4, 0.5) is 0 Å². The number of aromatic nitrogens is 2. The van der Waals surface area contributed by atoms with Crippen molar-refractivity contribution in [1.29, 1.82) is 0 Å². The number of rotatable bonds is 4. The maximum absolute atomic E-state index is 10.8. The van der Waals surface area contributed by atoms with Gasteiger partial charge in [0, 0.05) is 18.0 Å². The van der Waals surface area contributed by atoms with Crippen LogP contribution in [0.25, 0.3) is 0 Å². The van der Waals surface area contributed by atoms with E-state index in [1.807, 2.05) is 0 Å². The van der Waals surface area contributed by atoms with Crippen molar-refractivity contribution in [2.45, 2.75) is 19.4 Å². The average Bonchev–Trinajstić information content (AvgIpc) is 2.15. The van der Waals surface area contributed by atoms with Gasteiger partial charge in [-0.1, -0.05) is 0 Å². The molecule has 0 bridgehead atoms. The molecule has 0 aliphatic heterocycles. The number of hydrogen-bond acceptors (Lipinski definition) is 6. The fourth-order valence-electron chi connectivity index (χ4n) is 0.976. The third kappa shape index (κ3) is 3.84. The lowest BCUT2D eigenvalue weighted by Gasteiger charge is -2.21. The molecule has 16 heavy (non-hydrogen) atoms. The van der Waals surface area contributed by atoms with Gasteiger partial charge in [0.2, 0.25) is 0 Å². The highest BCUT2D eigenvalue weighted by molar-refractivity contribution is 7.85. The quantitative estimate of drug-likeness (QED) is 0.750. The zero-order chi connectivity index (χ0) is 12.4. The maximum atomic E-state index is 10.8. The predicted octanol–water partition coefficient (Wildman–Crippen LogP) is -0.0313. The fourth-order valence-corrected chi connectivity index (χ4v) is 1.42. The first-order valence-corrected chi connectivity index (χ1v) is 6.38. The molecule has 0 amide bonds. The van der Waals surface area contributed by atoms with Gasteiger partial charge in [-0.05, 0) is 13.8 Å². The minimum Gasteiger partial charge on any atom is -0.383 e. The second kappa shape index (κ2) is 4.44. The van der Waals surface area contributed by atoms with Crippen molar-refractivity contribution < 1.29 is 17.7 Å². The van der Waals surface area contributed by atoms with Gasteiger partial charge in [0.05, 0.1) is 12.9 Å². The third-order valence-corrected chi connectivity index (χ3v) is 2.50. The van der Waals surface area contributed by atoms with Crippen molar-refractivity contribution in [3.63, 3.8) is 0 Å². The van der Waals surface area contributed by atoms with E-state index in [2.05, 4.69) is 14.2 Å². The van der Waals surface area contributed by atoms with Crippen molar-refractivity contribution >= 4 is 10.1 Å². The molecule has 1 aromatic rings. The highest BCUT2D eigenvalue weighted by Gasteiger charge is 2.26. The van der Waals surface area contributed by atoms with Crippen molar-refractivity contribution in [2.75, 3.05) is 12.9 Å². The van der Waals surface area contributed by atoms with E-state index in [4.69, 9.17) is 0 Å². The molecule has 0 aliphatic carbocycles. The highest BCUT2D eigenvalue weighted by atomic mass is 32.2. The number of hydrogen-bond donors (Lipinski definition) is 1. The molecule has 90 valence electrons. The SMILES string of the molecule is Cc1ncc([C@](C)(O)COS(C)(=O)=O)cn1. The Labute approximate surface area is 94.4 Å². The average molecular weight is 246 g/mol. The summed E-state index contributed by atoms with van der Waals surface area (Å²) in [5.74, 6) is 0.573. The molecule has 1 aromatic heterocycles. The van der Waals surface area contributed by atoms with Gasteiger partial charge in [-0.3, -0.25) is 4.18 Å². The largest absolute Gasteiger partial charge is 0.383 e. The van der Waals surface area contributed by atoms with Crippen molar-refractivity contribution in [3.8, 4) is 0 Å². The van der Waals surface area contributed by atoms with Gasteiger partial charge in [-0.25, -0.2) is 9.97 Å². The van der Waals surface area contributed by atoms with Gasteiger partial charge in [0.1, 0.15) is 11.4 Å². The van der Waals surface area contributed by atoms with E-state index in [0.717, 1.165) is 6.26 Å². The van der Waals surface area contributed by atoms with Crippen LogP contribution >= 0.6 is 0 Å². The van der Waals surface area contributed by atoms with E-state index in [-0.39, 0.29) is 6.61 Å². The van der Waals surface area contributed by atoms with E-state index >= 15 is 0 Å². The molecular weight excluding hydrogens is 232 g/mol. The van der Waals surface area contributed by atoms with Crippen LogP contribution < -0.4 is 0 Å². The molecule has 0 aliphatic rings. The van der Waals surface area contributed by atoms with Gasteiger partial charge < -0.3 is 5.11 Å². The molecule has 0 unspecified atom stereocenters. The van der Waals surface area contributed by atoms with Gasteiger partial charge in [-0.2, -0.15) is 8.42 Å². The molecule has 1 heterocycles. The Balaban J connectivity index is 2.81. The Morgan fingerprint density at radius 1 is 1.44 bits per heavy atom. The summed E-state index contributed by atoms with van der Waals surface area (Å²) < 4.78 is 26.1. The summed E-state index contributed by atoms with van der Waals surface area (Å²) in [5.41, 5.74) is -1.03. The monoisotopic (exact) mass is 246 g/mol. The van der Waals surface area contributed by atoms with E-state index in [1.165, 1.54) is 19.3 Å². The molecule has 1 rings (SSSR count). The second-order valence-corrected chi connectivity index (χ2v) is 5.40. The van der Waals surface area contributed by atoms with E-state index in [1.54, 1.807) is 6.92 Å². The lowest BCUT2D eigenvalue weighted by Crippen LogP contribution is -2.29. The van der Waals surface area contributed by atoms with Gasteiger partial charge >= 0.3 is 0 Å². The molecule has 1 N–H and O–H groups in total. The van der Waals surface area contributed by atoms with Crippen molar-refractivity contribution in [3.05, 3.63) is 23.8 Å². The smallest absolute Gasteiger partial charge is 0.264 e. The Kier molecular flexibility index (Phi) is 3.61. The summed E-state index contributed by atoms with van der Waals surface area (Å²) in [4.78, 5) is 7.83. The van der Waals surface area contributed by atoms with E-state index in [9.17, 15) is 13.5 Å². The van der Waals surface area contributed by atoms with Gasteiger partial charge in [0.15, 0.2) is 0 Å². The molecule has 6 nitrogen and oxygen atoms in total. The number of aryl methyl sites for hydroxylation is 1. The minimum absolute atomic E-state index is 0.363.